The summed E-state index contributed by atoms with van der Waals surface area (Å²) >= 11 is 0. The highest BCUT2D eigenvalue weighted by atomic mass is 14.9. The van der Waals surface area contributed by atoms with Crippen molar-refractivity contribution in [3.05, 3.63) is 216 Å². The zero-order valence-electron chi connectivity index (χ0n) is 27.7. The summed E-state index contributed by atoms with van der Waals surface area (Å²) in [6.07, 6.45) is 0. The fourth-order valence-corrected chi connectivity index (χ4v) is 7.71. The fraction of sp³-hybridized carbons (Fsp3) is 0.0208. The molecule has 1 aliphatic carbocycles. The van der Waals surface area contributed by atoms with Gasteiger partial charge in [-0.3, -0.25) is 0 Å². The normalized spacial score (nSPS) is 12.5. The molecule has 0 saturated heterocycles. The lowest BCUT2D eigenvalue weighted by Crippen LogP contribution is -2.28. The van der Waals surface area contributed by atoms with Gasteiger partial charge < -0.3 is 0 Å². The Morgan fingerprint density at radius 2 is 0.922 bits per heavy atom. The molecule has 51 heavy (non-hydrogen) atoms. The zero-order chi connectivity index (χ0) is 34.2. The molecule has 9 rings (SSSR count). The molecule has 0 fully saturated rings. The lowest BCUT2D eigenvalue weighted by molar-refractivity contribution is 0.768. The number of aromatic nitrogens is 2. The molecule has 1 heterocycles. The van der Waals surface area contributed by atoms with Gasteiger partial charge in [-0.1, -0.05) is 170 Å². The zero-order valence-corrected chi connectivity index (χ0v) is 27.7. The molecule has 0 saturated carbocycles. The first-order valence-corrected chi connectivity index (χ1v) is 17.1. The summed E-state index contributed by atoms with van der Waals surface area (Å²) in [5.41, 5.74) is 13.9. The lowest BCUT2D eigenvalue weighted by Gasteiger charge is -2.34. The molecule has 3 heteroatoms. The molecule has 7 aromatic carbocycles. The Kier molecular flexibility index (Phi) is 7.42. The maximum atomic E-state index is 10.3. The van der Waals surface area contributed by atoms with E-state index in [0.29, 0.717) is 11.4 Å². The summed E-state index contributed by atoms with van der Waals surface area (Å²) in [5.74, 6) is 0.698. The molecule has 0 aliphatic heterocycles. The lowest BCUT2D eigenvalue weighted by atomic mass is 9.67. The van der Waals surface area contributed by atoms with E-state index in [1.54, 1.807) is 0 Å². The molecule has 3 nitrogen and oxygen atoms in total. The molecular formula is C48H31N3. The average Bonchev–Trinajstić information content (AvgIpc) is 3.52. The van der Waals surface area contributed by atoms with E-state index >= 15 is 0 Å². The van der Waals surface area contributed by atoms with Crippen LogP contribution in [0, 0.1) is 11.3 Å². The van der Waals surface area contributed by atoms with E-state index in [2.05, 4.69) is 133 Å². The number of rotatable bonds is 6. The highest BCUT2D eigenvalue weighted by Crippen LogP contribution is 2.57. The first-order valence-electron chi connectivity index (χ1n) is 17.1. The number of hydrogen-bond acceptors (Lipinski definition) is 3. The van der Waals surface area contributed by atoms with E-state index in [-0.39, 0.29) is 0 Å². The van der Waals surface area contributed by atoms with Crippen molar-refractivity contribution in [1.29, 1.82) is 5.26 Å². The van der Waals surface area contributed by atoms with Gasteiger partial charge in [-0.15, -0.1) is 0 Å². The Hall–Kier alpha value is -6.89. The van der Waals surface area contributed by atoms with Crippen molar-refractivity contribution < 1.29 is 0 Å². The number of nitrogens with zero attached hydrogens (tertiary/aromatic N) is 3. The molecule has 0 bridgehead atoms. The standard InChI is InChI=1S/C48H31N3/c49-32-38-18-13-23-42-46(38)41-29-28-37(30-43(41)48(42,39-19-9-3-10-20-39)40-21-11-4-12-22-40)33-24-26-35(27-25-33)45-31-44(34-14-5-1-6-15-34)50-47(51-45)36-16-7-2-8-17-36/h1-31H. The molecule has 0 spiro atoms. The van der Waals surface area contributed by atoms with Gasteiger partial charge in [0.1, 0.15) is 0 Å². The van der Waals surface area contributed by atoms with Crippen LogP contribution >= 0.6 is 0 Å². The molecule has 238 valence electrons. The van der Waals surface area contributed by atoms with Gasteiger partial charge in [-0.2, -0.15) is 5.26 Å². The first kappa shape index (κ1) is 30.2. The Labute approximate surface area is 297 Å². The number of nitriles is 1. The van der Waals surface area contributed by atoms with Crippen molar-refractivity contribution in [1.82, 2.24) is 9.97 Å². The van der Waals surface area contributed by atoms with E-state index < -0.39 is 5.41 Å². The molecule has 0 N–H and O–H groups in total. The van der Waals surface area contributed by atoms with Gasteiger partial charge in [0.25, 0.3) is 0 Å². The quantitative estimate of drug-likeness (QED) is 0.180. The number of hydrogen-bond donors (Lipinski definition) is 0. The van der Waals surface area contributed by atoms with Crippen LogP contribution in [-0.2, 0) is 5.41 Å². The molecule has 0 atom stereocenters. The first-order chi connectivity index (χ1) is 25.2. The number of benzene rings is 7. The monoisotopic (exact) mass is 649 g/mol. The van der Waals surface area contributed by atoms with E-state index in [4.69, 9.17) is 9.97 Å². The minimum absolute atomic E-state index is 0.585. The largest absolute Gasteiger partial charge is 0.228 e. The Balaban J connectivity index is 1.19. The second kappa shape index (κ2) is 12.5. The van der Waals surface area contributed by atoms with Crippen LogP contribution in [0.4, 0.5) is 0 Å². The van der Waals surface area contributed by atoms with Gasteiger partial charge in [-0.25, -0.2) is 9.97 Å². The van der Waals surface area contributed by atoms with Gasteiger partial charge in [0.05, 0.1) is 28.4 Å². The predicted octanol–water partition coefficient (Wildman–Crippen LogP) is 11.4. The van der Waals surface area contributed by atoms with Gasteiger partial charge in [0.15, 0.2) is 5.82 Å². The van der Waals surface area contributed by atoms with Gasteiger partial charge in [0, 0.05) is 22.3 Å². The Morgan fingerprint density at radius 3 is 1.51 bits per heavy atom. The van der Waals surface area contributed by atoms with E-state index in [9.17, 15) is 5.26 Å². The van der Waals surface area contributed by atoms with Gasteiger partial charge in [-0.05, 0) is 57.1 Å². The summed E-state index contributed by atoms with van der Waals surface area (Å²) in [7, 11) is 0. The van der Waals surface area contributed by atoms with Crippen LogP contribution in [0.15, 0.2) is 188 Å². The van der Waals surface area contributed by atoms with Crippen LogP contribution < -0.4 is 0 Å². The second-order valence-corrected chi connectivity index (χ2v) is 12.9. The second-order valence-electron chi connectivity index (χ2n) is 12.9. The van der Waals surface area contributed by atoms with E-state index in [0.717, 1.165) is 55.9 Å². The summed E-state index contributed by atoms with van der Waals surface area (Å²) in [5, 5.41) is 10.3. The van der Waals surface area contributed by atoms with Crippen LogP contribution in [0.25, 0.3) is 56.2 Å². The maximum Gasteiger partial charge on any atom is 0.160 e. The number of fused-ring (bicyclic) bond motifs is 3. The van der Waals surface area contributed by atoms with E-state index in [1.165, 1.54) is 16.7 Å². The van der Waals surface area contributed by atoms with Crippen molar-refractivity contribution in [3.63, 3.8) is 0 Å². The van der Waals surface area contributed by atoms with Crippen molar-refractivity contribution in [2.45, 2.75) is 5.41 Å². The van der Waals surface area contributed by atoms with Gasteiger partial charge >= 0.3 is 0 Å². The van der Waals surface area contributed by atoms with Crippen LogP contribution in [0.3, 0.4) is 0 Å². The smallest absolute Gasteiger partial charge is 0.160 e. The Morgan fingerprint density at radius 1 is 0.412 bits per heavy atom. The van der Waals surface area contributed by atoms with Crippen LogP contribution in [0.2, 0.25) is 0 Å². The topological polar surface area (TPSA) is 49.6 Å². The summed E-state index contributed by atoms with van der Waals surface area (Å²) < 4.78 is 0. The molecule has 0 amide bonds. The maximum absolute atomic E-state index is 10.3. The molecule has 0 radical (unpaired) electrons. The fourth-order valence-electron chi connectivity index (χ4n) is 7.71. The van der Waals surface area contributed by atoms with Crippen molar-refractivity contribution in [2.24, 2.45) is 0 Å². The molecule has 1 aliphatic rings. The van der Waals surface area contributed by atoms with Crippen LogP contribution in [0.5, 0.6) is 0 Å². The minimum Gasteiger partial charge on any atom is -0.228 e. The highest BCUT2D eigenvalue weighted by molar-refractivity contribution is 5.91. The van der Waals surface area contributed by atoms with Crippen molar-refractivity contribution in [3.8, 4) is 62.2 Å². The third-order valence-electron chi connectivity index (χ3n) is 10.0. The third-order valence-corrected chi connectivity index (χ3v) is 10.0. The van der Waals surface area contributed by atoms with Crippen molar-refractivity contribution in [2.75, 3.05) is 0 Å². The predicted molar refractivity (Wildman–Crippen MR) is 206 cm³/mol. The van der Waals surface area contributed by atoms with E-state index in [1.807, 2.05) is 60.7 Å². The average molecular weight is 650 g/mol. The summed E-state index contributed by atoms with van der Waals surface area (Å²) in [6.45, 7) is 0. The summed E-state index contributed by atoms with van der Waals surface area (Å²) in [4.78, 5) is 10.00. The molecule has 1 aromatic heterocycles. The summed E-state index contributed by atoms with van der Waals surface area (Å²) in [6, 6.07) is 67.9. The molecular weight excluding hydrogens is 619 g/mol. The van der Waals surface area contributed by atoms with Crippen molar-refractivity contribution >= 4 is 0 Å². The molecule has 0 unspecified atom stereocenters. The van der Waals surface area contributed by atoms with Gasteiger partial charge in [0.2, 0.25) is 0 Å². The van der Waals surface area contributed by atoms with Crippen LogP contribution in [0.1, 0.15) is 27.8 Å². The highest BCUT2D eigenvalue weighted by Gasteiger charge is 2.47. The third kappa shape index (κ3) is 5.05. The Bertz CT molecular complexity index is 2460. The molecule has 8 aromatic rings. The minimum atomic E-state index is -0.585. The van der Waals surface area contributed by atoms with Crippen LogP contribution in [-0.4, -0.2) is 9.97 Å². The SMILES string of the molecule is N#Cc1cccc2c1-c1ccc(-c3ccc(-c4cc(-c5ccccc5)nc(-c5ccccc5)n4)cc3)cc1C2(c1ccccc1)c1ccccc1.